The predicted molar refractivity (Wildman–Crippen MR) is 195 cm³/mol. The maximum Gasteiger partial charge on any atom is 0.255 e. The van der Waals surface area contributed by atoms with Crippen LogP contribution >= 0.6 is 0 Å². The first kappa shape index (κ1) is 36.2. The molecule has 1 N–H and O–H groups in total. The van der Waals surface area contributed by atoms with Crippen molar-refractivity contribution in [3.8, 4) is 23.0 Å². The summed E-state index contributed by atoms with van der Waals surface area (Å²) in [6.45, 7) is 2.05. The van der Waals surface area contributed by atoms with E-state index >= 15 is 0 Å². The lowest BCUT2D eigenvalue weighted by atomic mass is 9.76. The largest absolute Gasteiger partial charge is 0.508 e. The molecule has 3 atom stereocenters. The van der Waals surface area contributed by atoms with Crippen molar-refractivity contribution >= 4 is 24.4 Å². The van der Waals surface area contributed by atoms with Crippen molar-refractivity contribution in [3.63, 3.8) is 0 Å². The van der Waals surface area contributed by atoms with E-state index < -0.39 is 6.04 Å². The van der Waals surface area contributed by atoms with Crippen LogP contribution in [0.3, 0.4) is 0 Å². The number of likely N-dealkylation sites (N-methyl/N-ethyl adjacent to an activating group) is 1. The predicted octanol–water partition coefficient (Wildman–Crippen LogP) is 6.29. The summed E-state index contributed by atoms with van der Waals surface area (Å²) in [6.07, 6.45) is 3.74. The molecule has 10 heteroatoms. The minimum atomic E-state index is -0.628. The van der Waals surface area contributed by atoms with E-state index in [-0.39, 0.29) is 35.8 Å². The van der Waals surface area contributed by atoms with Gasteiger partial charge in [-0.05, 0) is 72.4 Å². The van der Waals surface area contributed by atoms with Gasteiger partial charge in [0, 0.05) is 55.5 Å². The molecule has 0 saturated carbocycles. The third-order valence-corrected chi connectivity index (χ3v) is 9.84. The number of hydrogen-bond acceptors (Lipinski definition) is 8. The van der Waals surface area contributed by atoms with Crippen molar-refractivity contribution in [2.45, 2.75) is 56.5 Å². The molecule has 0 radical (unpaired) electrons. The van der Waals surface area contributed by atoms with Gasteiger partial charge in [0.1, 0.15) is 42.2 Å². The SMILES string of the molecule is CN(CCOc1ccc([C@@H]2c3ccc(O)cc3OC[C@@H]2c2ccccc2)cc1)C(=O)CCCCOc1ccc2c(c1)CN(C(C=O)CCC=O)C2=O. The number of rotatable bonds is 17. The number of phenolic OH excluding ortho intramolecular Hbond substituents is 1. The number of unbranched alkanes of at least 4 members (excludes halogenated alkanes) is 1. The van der Waals surface area contributed by atoms with Crippen LogP contribution in [0, 0.1) is 0 Å². The molecule has 2 heterocycles. The molecule has 6 rings (SSSR count). The Morgan fingerprint density at radius 3 is 2.48 bits per heavy atom. The Balaban J connectivity index is 0.932. The van der Waals surface area contributed by atoms with Crippen LogP contribution in [-0.4, -0.2) is 78.7 Å². The van der Waals surface area contributed by atoms with Gasteiger partial charge < -0.3 is 38.7 Å². The summed E-state index contributed by atoms with van der Waals surface area (Å²) >= 11 is 0. The zero-order valence-electron chi connectivity index (χ0n) is 29.3. The molecular formula is C42H44N2O8. The molecule has 0 fully saturated rings. The normalized spacial score (nSPS) is 16.6. The number of carbonyl (C=O) groups excluding carboxylic acids is 4. The number of amides is 2. The summed E-state index contributed by atoms with van der Waals surface area (Å²) in [5.41, 5.74) is 4.68. The lowest BCUT2D eigenvalue weighted by molar-refractivity contribution is -0.130. The molecule has 0 bridgehead atoms. The van der Waals surface area contributed by atoms with Gasteiger partial charge in [0.25, 0.3) is 5.91 Å². The Morgan fingerprint density at radius 2 is 1.71 bits per heavy atom. The quantitative estimate of drug-likeness (QED) is 0.101. The van der Waals surface area contributed by atoms with Crippen molar-refractivity contribution in [2.24, 2.45) is 0 Å². The maximum atomic E-state index is 12.8. The third-order valence-electron chi connectivity index (χ3n) is 9.84. The minimum Gasteiger partial charge on any atom is -0.508 e. The molecule has 0 spiro atoms. The molecule has 0 aliphatic carbocycles. The first-order chi connectivity index (χ1) is 25.4. The topological polar surface area (TPSA) is 123 Å². The highest BCUT2D eigenvalue weighted by Gasteiger charge is 2.34. The molecule has 2 aliphatic rings. The number of nitrogens with zero attached hydrogens (tertiary/aromatic N) is 2. The van der Waals surface area contributed by atoms with E-state index in [1.165, 1.54) is 10.5 Å². The fourth-order valence-electron chi connectivity index (χ4n) is 6.97. The Bertz CT molecular complexity index is 1860. The highest BCUT2D eigenvalue weighted by Crippen LogP contribution is 2.47. The molecule has 4 aromatic carbocycles. The average molecular weight is 705 g/mol. The second-order valence-electron chi connectivity index (χ2n) is 13.3. The van der Waals surface area contributed by atoms with Crippen LogP contribution in [0.5, 0.6) is 23.0 Å². The second-order valence-corrected chi connectivity index (χ2v) is 13.3. The number of aldehydes is 2. The lowest BCUT2D eigenvalue weighted by Crippen LogP contribution is -2.36. The standard InChI is InChI=1S/C42H44N2O8/c1-43(40(48)11-5-6-22-50-35-17-19-36-31(24-35)26-44(42(36)49)32(27-46)10-7-21-45)20-23-51-34-15-12-30(13-16-34)41-37-18-14-33(47)25-39(37)52-28-38(41)29-8-3-2-4-9-29/h2-4,8-9,12-19,21,24-25,27,32,38,41,47H,5-7,10-11,20,22-23,26,28H2,1H3/t32?,38-,41-/m1/s1. The van der Waals surface area contributed by atoms with E-state index in [2.05, 4.69) is 24.3 Å². The molecule has 0 aromatic heterocycles. The van der Waals surface area contributed by atoms with Crippen LogP contribution in [0.15, 0.2) is 91.0 Å². The smallest absolute Gasteiger partial charge is 0.255 e. The van der Waals surface area contributed by atoms with Crippen molar-refractivity contribution < 1.29 is 38.5 Å². The van der Waals surface area contributed by atoms with Crippen LogP contribution in [0.4, 0.5) is 0 Å². The number of hydrogen-bond donors (Lipinski definition) is 1. The lowest BCUT2D eigenvalue weighted by Gasteiger charge is -2.34. The number of carbonyl (C=O) groups is 4. The van der Waals surface area contributed by atoms with Crippen molar-refractivity contribution in [2.75, 3.05) is 33.4 Å². The van der Waals surface area contributed by atoms with Crippen molar-refractivity contribution in [1.82, 2.24) is 9.80 Å². The number of benzene rings is 4. The molecule has 4 aromatic rings. The van der Waals surface area contributed by atoms with E-state index in [4.69, 9.17) is 14.2 Å². The number of phenols is 1. The highest BCUT2D eigenvalue weighted by molar-refractivity contribution is 5.99. The van der Waals surface area contributed by atoms with Gasteiger partial charge in [-0.2, -0.15) is 0 Å². The summed E-state index contributed by atoms with van der Waals surface area (Å²) in [5, 5.41) is 10.0. The van der Waals surface area contributed by atoms with Gasteiger partial charge in [0.05, 0.1) is 25.8 Å². The molecule has 2 amide bonds. The van der Waals surface area contributed by atoms with E-state index in [0.717, 1.165) is 35.0 Å². The maximum absolute atomic E-state index is 12.8. The Hall–Kier alpha value is -5.64. The monoisotopic (exact) mass is 704 g/mol. The molecule has 10 nitrogen and oxygen atoms in total. The van der Waals surface area contributed by atoms with Gasteiger partial charge >= 0.3 is 0 Å². The summed E-state index contributed by atoms with van der Waals surface area (Å²) < 4.78 is 18.0. The Labute approximate surface area is 303 Å². The van der Waals surface area contributed by atoms with Gasteiger partial charge in [0.2, 0.25) is 5.91 Å². The zero-order valence-corrected chi connectivity index (χ0v) is 29.3. The van der Waals surface area contributed by atoms with Crippen LogP contribution in [0.1, 0.15) is 76.6 Å². The van der Waals surface area contributed by atoms with Gasteiger partial charge in [-0.15, -0.1) is 0 Å². The van der Waals surface area contributed by atoms with Gasteiger partial charge in [-0.1, -0.05) is 48.5 Å². The zero-order chi connectivity index (χ0) is 36.5. The molecule has 52 heavy (non-hydrogen) atoms. The molecule has 270 valence electrons. The first-order valence-electron chi connectivity index (χ1n) is 17.8. The van der Waals surface area contributed by atoms with Gasteiger partial charge in [-0.3, -0.25) is 9.59 Å². The average Bonchev–Trinajstić information content (AvgIpc) is 3.49. The molecule has 0 saturated heterocycles. The van der Waals surface area contributed by atoms with Crippen LogP contribution in [0.25, 0.3) is 0 Å². The highest BCUT2D eigenvalue weighted by atomic mass is 16.5. The summed E-state index contributed by atoms with van der Waals surface area (Å²) in [7, 11) is 1.78. The summed E-state index contributed by atoms with van der Waals surface area (Å²) in [6, 6.07) is 28.4. The Morgan fingerprint density at radius 1 is 0.942 bits per heavy atom. The van der Waals surface area contributed by atoms with E-state index in [1.807, 2.05) is 42.5 Å². The molecular weight excluding hydrogens is 660 g/mol. The molecule has 1 unspecified atom stereocenters. The second kappa shape index (κ2) is 17.0. The van der Waals surface area contributed by atoms with E-state index in [1.54, 1.807) is 36.2 Å². The van der Waals surface area contributed by atoms with Crippen molar-refractivity contribution in [1.29, 1.82) is 0 Å². The van der Waals surface area contributed by atoms with Crippen LogP contribution in [0.2, 0.25) is 0 Å². The number of aromatic hydroxyl groups is 1. The fraction of sp³-hybridized carbons (Fsp3) is 0.333. The van der Waals surface area contributed by atoms with Crippen LogP contribution < -0.4 is 14.2 Å². The Kier molecular flexibility index (Phi) is 11.9. The number of ether oxygens (including phenoxy) is 3. The first-order valence-corrected chi connectivity index (χ1v) is 17.8. The third kappa shape index (κ3) is 8.45. The van der Waals surface area contributed by atoms with Gasteiger partial charge in [0.15, 0.2) is 0 Å². The summed E-state index contributed by atoms with van der Waals surface area (Å²) in [5.74, 6) is 2.20. The summed E-state index contributed by atoms with van der Waals surface area (Å²) in [4.78, 5) is 51.0. The minimum absolute atomic E-state index is 0.0329. The van der Waals surface area contributed by atoms with E-state index in [9.17, 15) is 24.3 Å². The fourth-order valence-corrected chi connectivity index (χ4v) is 6.97. The van der Waals surface area contributed by atoms with Crippen molar-refractivity contribution in [3.05, 3.63) is 119 Å². The van der Waals surface area contributed by atoms with Crippen LogP contribution in [-0.2, 0) is 20.9 Å². The van der Waals surface area contributed by atoms with E-state index in [0.29, 0.717) is 75.7 Å². The van der Waals surface area contributed by atoms with Gasteiger partial charge in [-0.25, -0.2) is 0 Å². The molecule has 2 aliphatic heterocycles. The number of fused-ring (bicyclic) bond motifs is 2.